The van der Waals surface area contributed by atoms with E-state index in [1.165, 1.54) is 25.3 Å². The summed E-state index contributed by atoms with van der Waals surface area (Å²) in [5.74, 6) is -0.0346. The van der Waals surface area contributed by atoms with Crippen LogP contribution in [0.4, 0.5) is 11.4 Å². The first-order valence-corrected chi connectivity index (χ1v) is 7.18. The minimum atomic E-state index is -0.561. The van der Waals surface area contributed by atoms with Crippen LogP contribution in [0.3, 0.4) is 0 Å². The van der Waals surface area contributed by atoms with Crippen LogP contribution in [-0.4, -0.2) is 17.9 Å². The molecule has 0 aliphatic carbocycles. The molecule has 2 aromatic rings. The van der Waals surface area contributed by atoms with Crippen LogP contribution in [0.1, 0.15) is 10.4 Å². The molecule has 8 heteroatoms. The van der Waals surface area contributed by atoms with Crippen LogP contribution in [0.15, 0.2) is 40.9 Å². The Labute approximate surface area is 139 Å². The van der Waals surface area contributed by atoms with Crippen LogP contribution in [0.2, 0.25) is 5.02 Å². The van der Waals surface area contributed by atoms with Crippen molar-refractivity contribution in [1.29, 1.82) is 0 Å². The molecule has 0 fully saturated rings. The number of hydrogen-bond acceptors (Lipinski definition) is 4. The number of carbonyl (C=O) groups excluding carboxylic acids is 1. The number of nitro groups is 1. The van der Waals surface area contributed by atoms with Gasteiger partial charge in [0.1, 0.15) is 5.75 Å². The maximum atomic E-state index is 12.3. The van der Waals surface area contributed by atoms with Crippen molar-refractivity contribution in [1.82, 2.24) is 0 Å². The van der Waals surface area contributed by atoms with Gasteiger partial charge in [-0.25, -0.2) is 0 Å². The second kappa shape index (κ2) is 6.76. The maximum absolute atomic E-state index is 12.3. The van der Waals surface area contributed by atoms with E-state index in [0.29, 0.717) is 15.8 Å². The monoisotopic (exact) mass is 384 g/mol. The van der Waals surface area contributed by atoms with Crippen molar-refractivity contribution in [2.75, 3.05) is 12.4 Å². The Kier molecular flexibility index (Phi) is 4.99. The molecule has 2 rings (SSSR count). The molecule has 1 amide bonds. The highest BCUT2D eigenvalue weighted by Gasteiger charge is 2.16. The van der Waals surface area contributed by atoms with Crippen molar-refractivity contribution in [2.24, 2.45) is 0 Å². The van der Waals surface area contributed by atoms with Gasteiger partial charge in [0.2, 0.25) is 0 Å². The second-order valence-electron chi connectivity index (χ2n) is 4.22. The molecule has 6 nitrogen and oxygen atoms in total. The Balaban J connectivity index is 2.29. The number of anilines is 1. The van der Waals surface area contributed by atoms with Gasteiger partial charge in [-0.3, -0.25) is 14.9 Å². The van der Waals surface area contributed by atoms with Crippen molar-refractivity contribution in [3.8, 4) is 5.75 Å². The molecule has 0 aromatic heterocycles. The number of nitrogens with zero attached hydrogens (tertiary/aromatic N) is 1. The fourth-order valence-corrected chi connectivity index (χ4v) is 2.35. The Morgan fingerprint density at radius 1 is 1.32 bits per heavy atom. The average molecular weight is 386 g/mol. The van der Waals surface area contributed by atoms with Crippen LogP contribution < -0.4 is 10.1 Å². The topological polar surface area (TPSA) is 81.5 Å². The minimum absolute atomic E-state index is 0.0801. The van der Waals surface area contributed by atoms with Gasteiger partial charge in [0, 0.05) is 16.6 Å². The molecule has 0 saturated carbocycles. The molecule has 0 spiro atoms. The molecular formula is C14H10BrClN2O4. The first kappa shape index (κ1) is 16.3. The van der Waals surface area contributed by atoms with E-state index in [1.807, 2.05) is 0 Å². The fourth-order valence-electron chi connectivity index (χ4n) is 1.77. The number of benzene rings is 2. The van der Waals surface area contributed by atoms with Crippen molar-refractivity contribution >= 4 is 44.8 Å². The summed E-state index contributed by atoms with van der Waals surface area (Å²) in [7, 11) is 1.46. The third kappa shape index (κ3) is 3.55. The van der Waals surface area contributed by atoms with E-state index in [9.17, 15) is 14.9 Å². The molecule has 114 valence electrons. The largest absolute Gasteiger partial charge is 0.496 e. The highest BCUT2D eigenvalue weighted by Crippen LogP contribution is 2.29. The second-order valence-corrected chi connectivity index (χ2v) is 5.54. The number of nitro benzene ring substituents is 1. The van der Waals surface area contributed by atoms with Gasteiger partial charge in [-0.1, -0.05) is 27.5 Å². The van der Waals surface area contributed by atoms with Crippen molar-refractivity contribution in [3.05, 3.63) is 61.6 Å². The van der Waals surface area contributed by atoms with E-state index in [4.69, 9.17) is 16.3 Å². The third-order valence-electron chi connectivity index (χ3n) is 2.82. The molecule has 0 saturated heterocycles. The van der Waals surface area contributed by atoms with Gasteiger partial charge in [0.25, 0.3) is 11.6 Å². The molecule has 0 heterocycles. The molecular weight excluding hydrogens is 376 g/mol. The molecule has 0 aliphatic rings. The van der Waals surface area contributed by atoms with E-state index < -0.39 is 10.8 Å². The summed E-state index contributed by atoms with van der Waals surface area (Å²) in [4.78, 5) is 22.4. The zero-order chi connectivity index (χ0) is 16.3. The summed E-state index contributed by atoms with van der Waals surface area (Å²) in [5.41, 5.74) is 0.439. The summed E-state index contributed by atoms with van der Waals surface area (Å²) < 4.78 is 5.85. The number of non-ortho nitro benzene ring substituents is 1. The van der Waals surface area contributed by atoms with Crippen LogP contribution in [0.25, 0.3) is 0 Å². The quantitative estimate of drug-likeness (QED) is 0.629. The summed E-state index contributed by atoms with van der Waals surface area (Å²) in [6.07, 6.45) is 0. The van der Waals surface area contributed by atoms with Crippen LogP contribution in [0, 0.1) is 10.1 Å². The van der Waals surface area contributed by atoms with Gasteiger partial charge >= 0.3 is 0 Å². The lowest BCUT2D eigenvalue weighted by Gasteiger charge is -2.10. The van der Waals surface area contributed by atoms with Gasteiger partial charge in [0.15, 0.2) is 0 Å². The number of halogens is 2. The summed E-state index contributed by atoms with van der Waals surface area (Å²) in [6, 6.07) is 8.82. The molecule has 1 N–H and O–H groups in total. The van der Waals surface area contributed by atoms with E-state index in [1.54, 1.807) is 18.2 Å². The minimum Gasteiger partial charge on any atom is -0.496 e. The molecule has 22 heavy (non-hydrogen) atoms. The van der Waals surface area contributed by atoms with E-state index in [-0.39, 0.29) is 16.4 Å². The van der Waals surface area contributed by atoms with Gasteiger partial charge in [0.05, 0.1) is 28.3 Å². The van der Waals surface area contributed by atoms with Gasteiger partial charge in [-0.2, -0.15) is 0 Å². The van der Waals surface area contributed by atoms with Crippen molar-refractivity contribution in [2.45, 2.75) is 0 Å². The van der Waals surface area contributed by atoms with Crippen molar-refractivity contribution < 1.29 is 14.5 Å². The molecule has 0 radical (unpaired) electrons. The van der Waals surface area contributed by atoms with Crippen LogP contribution >= 0.6 is 27.5 Å². The summed E-state index contributed by atoms with van der Waals surface area (Å²) >= 11 is 9.23. The molecule has 0 atom stereocenters. The SMILES string of the molecule is COc1ccc(Br)cc1C(=O)Nc1ccc([N+](=O)[O-])cc1Cl. The first-order valence-electron chi connectivity index (χ1n) is 6.01. The Morgan fingerprint density at radius 2 is 2.05 bits per heavy atom. The normalized spacial score (nSPS) is 10.1. The maximum Gasteiger partial charge on any atom is 0.271 e. The lowest BCUT2D eigenvalue weighted by Crippen LogP contribution is -2.13. The predicted octanol–water partition coefficient (Wildman–Crippen LogP) is 4.27. The Bertz CT molecular complexity index is 752. The smallest absolute Gasteiger partial charge is 0.271 e. The lowest BCUT2D eigenvalue weighted by molar-refractivity contribution is -0.384. The number of nitrogens with one attached hydrogen (secondary N) is 1. The molecule has 0 aliphatic heterocycles. The van der Waals surface area contributed by atoms with Gasteiger partial charge in [-0.05, 0) is 24.3 Å². The van der Waals surface area contributed by atoms with Gasteiger partial charge < -0.3 is 10.1 Å². The number of amides is 1. The third-order valence-corrected chi connectivity index (χ3v) is 3.62. The average Bonchev–Trinajstić information content (AvgIpc) is 2.48. The van der Waals surface area contributed by atoms with E-state index in [2.05, 4.69) is 21.2 Å². The Morgan fingerprint density at radius 3 is 2.64 bits per heavy atom. The van der Waals surface area contributed by atoms with Crippen molar-refractivity contribution in [3.63, 3.8) is 0 Å². The van der Waals surface area contributed by atoms with Crippen LogP contribution in [-0.2, 0) is 0 Å². The summed E-state index contributed by atoms with van der Waals surface area (Å²) in [5, 5.41) is 13.3. The van der Waals surface area contributed by atoms with E-state index >= 15 is 0 Å². The Hall–Kier alpha value is -2.12. The molecule has 0 bridgehead atoms. The fraction of sp³-hybridized carbons (Fsp3) is 0.0714. The first-order chi connectivity index (χ1) is 10.4. The molecule has 2 aromatic carbocycles. The summed E-state index contributed by atoms with van der Waals surface area (Å²) in [6.45, 7) is 0. The van der Waals surface area contributed by atoms with Crippen LogP contribution in [0.5, 0.6) is 5.75 Å². The number of rotatable bonds is 4. The molecule has 0 unspecified atom stereocenters. The highest BCUT2D eigenvalue weighted by molar-refractivity contribution is 9.10. The van der Waals surface area contributed by atoms with Gasteiger partial charge in [-0.15, -0.1) is 0 Å². The lowest BCUT2D eigenvalue weighted by atomic mass is 10.2. The standard InChI is InChI=1S/C14H10BrClN2O4/c1-22-13-5-2-8(15)6-10(13)14(19)17-12-4-3-9(18(20)21)7-11(12)16/h2-7H,1H3,(H,17,19). The predicted molar refractivity (Wildman–Crippen MR) is 86.8 cm³/mol. The zero-order valence-corrected chi connectivity index (χ0v) is 13.6. The number of carbonyl (C=O) groups is 1. The number of hydrogen-bond donors (Lipinski definition) is 1. The van der Waals surface area contributed by atoms with E-state index in [0.717, 1.165) is 0 Å². The zero-order valence-electron chi connectivity index (χ0n) is 11.3. The number of ether oxygens (including phenoxy) is 1. The highest BCUT2D eigenvalue weighted by atomic mass is 79.9. The number of methoxy groups -OCH3 is 1.